The number of anilines is 1. The zero-order valence-electron chi connectivity index (χ0n) is 9.28. The van der Waals surface area contributed by atoms with Crippen LogP contribution in [0.5, 0.6) is 0 Å². The van der Waals surface area contributed by atoms with Crippen LogP contribution in [0, 0.1) is 0 Å². The molecule has 17 heavy (non-hydrogen) atoms. The van der Waals surface area contributed by atoms with Crippen LogP contribution in [0.25, 0.3) is 5.69 Å². The molecule has 5 heteroatoms. The van der Waals surface area contributed by atoms with E-state index in [-0.39, 0.29) is 0 Å². The van der Waals surface area contributed by atoms with Gasteiger partial charge in [-0.05, 0) is 18.2 Å². The third kappa shape index (κ3) is 1.79. The van der Waals surface area contributed by atoms with Crippen LogP contribution in [0.2, 0.25) is 5.02 Å². The molecule has 4 nitrogen and oxygen atoms in total. The Morgan fingerprint density at radius 2 is 2.29 bits per heavy atom. The van der Waals surface area contributed by atoms with E-state index in [9.17, 15) is 0 Å². The lowest BCUT2D eigenvalue weighted by atomic mass is 10.1. The fourth-order valence-electron chi connectivity index (χ4n) is 2.20. The van der Waals surface area contributed by atoms with Gasteiger partial charge in [0, 0.05) is 30.1 Å². The highest BCUT2D eigenvalue weighted by Crippen LogP contribution is 2.24. The molecule has 1 aromatic heterocycles. The van der Waals surface area contributed by atoms with Gasteiger partial charge >= 0.3 is 0 Å². The van der Waals surface area contributed by atoms with Crippen LogP contribution >= 0.6 is 11.6 Å². The number of aromatic nitrogens is 2. The number of nitrogen functional groups attached to an aromatic ring is 1. The van der Waals surface area contributed by atoms with Gasteiger partial charge in [0.15, 0.2) is 5.82 Å². The molecule has 0 saturated heterocycles. The molecule has 0 aliphatic carbocycles. The normalized spacial score (nSPS) is 14.6. The van der Waals surface area contributed by atoms with E-state index in [0.717, 1.165) is 30.8 Å². The van der Waals surface area contributed by atoms with Crippen molar-refractivity contribution in [2.75, 3.05) is 12.3 Å². The monoisotopic (exact) mass is 248 g/mol. The van der Waals surface area contributed by atoms with Crippen LogP contribution in [-0.4, -0.2) is 16.3 Å². The van der Waals surface area contributed by atoms with E-state index in [1.807, 2.05) is 28.9 Å². The molecule has 0 bridgehead atoms. The van der Waals surface area contributed by atoms with Crippen molar-refractivity contribution < 1.29 is 0 Å². The standard InChI is InChI=1S/C12H13ClN4/c13-8-2-1-3-9(6-8)17-11-4-5-15-7-10(11)12(14)16-17/h1-3,6,15H,4-5,7H2,(H2,14,16). The molecule has 88 valence electrons. The van der Waals surface area contributed by atoms with Crippen molar-refractivity contribution in [1.29, 1.82) is 0 Å². The lowest BCUT2D eigenvalue weighted by molar-refractivity contribution is 0.623. The molecule has 0 saturated carbocycles. The lowest BCUT2D eigenvalue weighted by Crippen LogP contribution is -2.24. The number of nitrogens with one attached hydrogen (secondary N) is 1. The second-order valence-electron chi connectivity index (χ2n) is 4.13. The van der Waals surface area contributed by atoms with Gasteiger partial charge in [0.05, 0.1) is 11.4 Å². The Hall–Kier alpha value is -1.52. The molecular formula is C12H13ClN4. The van der Waals surface area contributed by atoms with Crippen molar-refractivity contribution in [1.82, 2.24) is 15.1 Å². The van der Waals surface area contributed by atoms with Gasteiger partial charge in [0.25, 0.3) is 0 Å². The number of nitrogens with two attached hydrogens (primary N) is 1. The summed E-state index contributed by atoms with van der Waals surface area (Å²) in [6, 6.07) is 7.66. The summed E-state index contributed by atoms with van der Waals surface area (Å²) in [4.78, 5) is 0. The number of hydrogen-bond donors (Lipinski definition) is 2. The van der Waals surface area contributed by atoms with E-state index in [2.05, 4.69) is 10.4 Å². The molecule has 1 aliphatic heterocycles. The molecule has 1 aromatic carbocycles. The number of benzene rings is 1. The maximum Gasteiger partial charge on any atom is 0.150 e. The maximum absolute atomic E-state index is 6.00. The van der Waals surface area contributed by atoms with Gasteiger partial charge in [0.1, 0.15) is 0 Å². The second kappa shape index (κ2) is 4.05. The van der Waals surface area contributed by atoms with Gasteiger partial charge in [-0.15, -0.1) is 0 Å². The van der Waals surface area contributed by atoms with Gasteiger partial charge in [0.2, 0.25) is 0 Å². The van der Waals surface area contributed by atoms with E-state index >= 15 is 0 Å². The summed E-state index contributed by atoms with van der Waals surface area (Å²) in [6.07, 6.45) is 0.937. The predicted octanol–water partition coefficient (Wildman–Crippen LogP) is 1.75. The average Bonchev–Trinajstić information content (AvgIpc) is 2.68. The highest BCUT2D eigenvalue weighted by Gasteiger charge is 2.19. The zero-order valence-corrected chi connectivity index (χ0v) is 10.0. The van der Waals surface area contributed by atoms with Crippen molar-refractivity contribution in [2.24, 2.45) is 0 Å². The van der Waals surface area contributed by atoms with E-state index in [0.29, 0.717) is 10.8 Å². The smallest absolute Gasteiger partial charge is 0.150 e. The fourth-order valence-corrected chi connectivity index (χ4v) is 2.38. The summed E-state index contributed by atoms with van der Waals surface area (Å²) >= 11 is 6.00. The lowest BCUT2D eigenvalue weighted by Gasteiger charge is -2.15. The molecule has 0 unspecified atom stereocenters. The van der Waals surface area contributed by atoms with E-state index in [4.69, 9.17) is 17.3 Å². The summed E-state index contributed by atoms with van der Waals surface area (Å²) < 4.78 is 1.90. The van der Waals surface area contributed by atoms with Crippen LogP contribution in [0.3, 0.4) is 0 Å². The number of nitrogens with zero attached hydrogens (tertiary/aromatic N) is 2. The predicted molar refractivity (Wildman–Crippen MR) is 68.4 cm³/mol. The van der Waals surface area contributed by atoms with Crippen LogP contribution < -0.4 is 11.1 Å². The Kier molecular flexibility index (Phi) is 2.53. The number of rotatable bonds is 1. The zero-order chi connectivity index (χ0) is 11.8. The van der Waals surface area contributed by atoms with Crippen LogP contribution in [0.4, 0.5) is 5.82 Å². The molecule has 1 aliphatic rings. The molecule has 2 aromatic rings. The Morgan fingerprint density at radius 3 is 3.12 bits per heavy atom. The highest BCUT2D eigenvalue weighted by atomic mass is 35.5. The molecule has 0 amide bonds. The van der Waals surface area contributed by atoms with Gasteiger partial charge in [-0.1, -0.05) is 17.7 Å². The first-order valence-corrected chi connectivity index (χ1v) is 5.96. The largest absolute Gasteiger partial charge is 0.382 e. The summed E-state index contributed by atoms with van der Waals surface area (Å²) in [7, 11) is 0. The number of hydrogen-bond acceptors (Lipinski definition) is 3. The summed E-state index contributed by atoms with van der Waals surface area (Å²) in [5.74, 6) is 0.604. The Morgan fingerprint density at radius 1 is 1.41 bits per heavy atom. The Bertz CT molecular complexity index is 562. The molecule has 3 rings (SSSR count). The first-order valence-electron chi connectivity index (χ1n) is 5.58. The molecule has 0 radical (unpaired) electrons. The number of halogens is 1. The van der Waals surface area contributed by atoms with Crippen LogP contribution in [0.1, 0.15) is 11.3 Å². The minimum atomic E-state index is 0.604. The summed E-state index contributed by atoms with van der Waals surface area (Å²) in [5, 5.41) is 8.41. The van der Waals surface area contributed by atoms with E-state index in [1.54, 1.807) is 0 Å². The summed E-state index contributed by atoms with van der Waals surface area (Å²) in [6.45, 7) is 1.75. The molecule has 0 atom stereocenters. The van der Waals surface area contributed by atoms with Crippen LogP contribution in [0.15, 0.2) is 24.3 Å². The Labute approximate surface area is 104 Å². The van der Waals surface area contributed by atoms with E-state index in [1.165, 1.54) is 5.69 Å². The second-order valence-corrected chi connectivity index (χ2v) is 4.57. The first-order chi connectivity index (χ1) is 8.25. The molecule has 2 heterocycles. The minimum absolute atomic E-state index is 0.604. The third-order valence-corrected chi connectivity index (χ3v) is 3.25. The highest BCUT2D eigenvalue weighted by molar-refractivity contribution is 6.30. The van der Waals surface area contributed by atoms with Gasteiger partial charge in [-0.3, -0.25) is 0 Å². The van der Waals surface area contributed by atoms with Crippen molar-refractivity contribution in [3.8, 4) is 5.69 Å². The quantitative estimate of drug-likeness (QED) is 0.809. The minimum Gasteiger partial charge on any atom is -0.382 e. The average molecular weight is 249 g/mol. The fraction of sp³-hybridized carbons (Fsp3) is 0.250. The van der Waals surface area contributed by atoms with Crippen molar-refractivity contribution >= 4 is 17.4 Å². The molecule has 3 N–H and O–H groups in total. The summed E-state index contributed by atoms with van der Waals surface area (Å²) in [5.41, 5.74) is 9.19. The topological polar surface area (TPSA) is 55.9 Å². The molecule has 0 spiro atoms. The van der Waals surface area contributed by atoms with E-state index < -0.39 is 0 Å². The van der Waals surface area contributed by atoms with Gasteiger partial charge < -0.3 is 11.1 Å². The maximum atomic E-state index is 6.00. The van der Waals surface area contributed by atoms with Crippen LogP contribution in [-0.2, 0) is 13.0 Å². The molecular weight excluding hydrogens is 236 g/mol. The SMILES string of the molecule is Nc1nn(-c2cccc(Cl)c2)c2c1CNCC2. The van der Waals surface area contributed by atoms with Crippen molar-refractivity contribution in [3.05, 3.63) is 40.5 Å². The molecule has 0 fully saturated rings. The van der Waals surface area contributed by atoms with Crippen molar-refractivity contribution in [2.45, 2.75) is 13.0 Å². The third-order valence-electron chi connectivity index (χ3n) is 3.01. The first kappa shape index (κ1) is 10.6. The number of fused-ring (bicyclic) bond motifs is 1. The van der Waals surface area contributed by atoms with Gasteiger partial charge in [-0.25, -0.2) is 4.68 Å². The van der Waals surface area contributed by atoms with Gasteiger partial charge in [-0.2, -0.15) is 5.10 Å². The van der Waals surface area contributed by atoms with Crippen molar-refractivity contribution in [3.63, 3.8) is 0 Å². The Balaban J connectivity index is 2.15.